The van der Waals surface area contributed by atoms with Gasteiger partial charge in [-0.15, -0.1) is 0 Å². The van der Waals surface area contributed by atoms with Gasteiger partial charge in [0.25, 0.3) is 5.91 Å². The molecule has 2 aromatic rings. The van der Waals surface area contributed by atoms with Crippen LogP contribution >= 0.6 is 11.6 Å². The van der Waals surface area contributed by atoms with Gasteiger partial charge in [0.1, 0.15) is 5.75 Å². The van der Waals surface area contributed by atoms with E-state index in [-0.39, 0.29) is 18.6 Å². The first kappa shape index (κ1) is 20.7. The van der Waals surface area contributed by atoms with Crippen molar-refractivity contribution in [2.75, 3.05) is 26.2 Å². The Labute approximate surface area is 172 Å². The van der Waals surface area contributed by atoms with Crippen LogP contribution in [0.2, 0.25) is 5.02 Å². The molecule has 150 valence electrons. The van der Waals surface area contributed by atoms with Crippen LogP contribution in [0.1, 0.15) is 42.9 Å². The molecule has 1 heterocycles. The molecule has 0 bridgehead atoms. The Kier molecular flexibility index (Phi) is 7.75. The number of ether oxygens (including phenoxy) is 1. The lowest BCUT2D eigenvalue weighted by Crippen LogP contribution is -2.40. The van der Waals surface area contributed by atoms with Crippen molar-refractivity contribution in [2.45, 2.75) is 38.6 Å². The molecule has 3 rings (SSSR count). The van der Waals surface area contributed by atoms with E-state index in [0.29, 0.717) is 17.3 Å². The number of hydrogen-bond acceptors (Lipinski definition) is 3. The molecule has 0 radical (unpaired) electrons. The third-order valence-corrected chi connectivity index (χ3v) is 5.54. The molecule has 28 heavy (non-hydrogen) atoms. The standard InChI is InChI=1S/C23H29ClN2O2/c1-18-10-12-19(13-11-18)21(26-14-6-2-3-7-15-26)16-25-23(27)17-28-22-9-5-4-8-20(22)24/h4-5,8-13,21H,2-3,6-7,14-17H2,1H3,(H,25,27). The quantitative estimate of drug-likeness (QED) is 0.728. The highest BCUT2D eigenvalue weighted by Crippen LogP contribution is 2.25. The summed E-state index contributed by atoms with van der Waals surface area (Å²) in [6.45, 7) is 4.78. The highest BCUT2D eigenvalue weighted by atomic mass is 35.5. The van der Waals surface area contributed by atoms with Gasteiger partial charge in [-0.1, -0.05) is 66.4 Å². The predicted molar refractivity (Wildman–Crippen MR) is 114 cm³/mol. The van der Waals surface area contributed by atoms with Gasteiger partial charge in [0.15, 0.2) is 6.61 Å². The van der Waals surface area contributed by atoms with E-state index in [9.17, 15) is 4.79 Å². The summed E-state index contributed by atoms with van der Waals surface area (Å²) in [6, 6.07) is 16.0. The van der Waals surface area contributed by atoms with Crippen LogP contribution in [0.3, 0.4) is 0 Å². The van der Waals surface area contributed by atoms with Crippen molar-refractivity contribution in [1.82, 2.24) is 10.2 Å². The van der Waals surface area contributed by atoms with Gasteiger partial charge in [-0.2, -0.15) is 0 Å². The van der Waals surface area contributed by atoms with Crippen LogP contribution in [0.4, 0.5) is 0 Å². The lowest BCUT2D eigenvalue weighted by molar-refractivity contribution is -0.123. The molecule has 4 nitrogen and oxygen atoms in total. The summed E-state index contributed by atoms with van der Waals surface area (Å²) in [5.41, 5.74) is 2.50. The Bertz CT molecular complexity index is 755. The van der Waals surface area contributed by atoms with E-state index in [1.54, 1.807) is 12.1 Å². The first-order valence-electron chi connectivity index (χ1n) is 10.1. The molecule has 0 aromatic heterocycles. The molecule has 1 amide bonds. The van der Waals surface area contributed by atoms with Gasteiger partial charge >= 0.3 is 0 Å². The number of hydrogen-bond donors (Lipinski definition) is 1. The second-order valence-electron chi connectivity index (χ2n) is 7.40. The minimum Gasteiger partial charge on any atom is -0.482 e. The molecular weight excluding hydrogens is 372 g/mol. The number of nitrogens with zero attached hydrogens (tertiary/aromatic N) is 1. The number of halogens is 1. The number of carbonyl (C=O) groups excluding carboxylic acids is 1. The average molecular weight is 401 g/mol. The van der Waals surface area contributed by atoms with Gasteiger partial charge in [0.05, 0.1) is 11.1 Å². The van der Waals surface area contributed by atoms with Gasteiger partial charge < -0.3 is 10.1 Å². The topological polar surface area (TPSA) is 41.6 Å². The van der Waals surface area contributed by atoms with E-state index in [0.717, 1.165) is 13.1 Å². The Morgan fingerprint density at radius 3 is 2.43 bits per heavy atom. The zero-order chi connectivity index (χ0) is 19.8. The predicted octanol–water partition coefficient (Wildman–Crippen LogP) is 4.76. The number of benzene rings is 2. The molecule has 1 unspecified atom stereocenters. The van der Waals surface area contributed by atoms with E-state index < -0.39 is 0 Å². The van der Waals surface area contributed by atoms with Crippen molar-refractivity contribution in [1.29, 1.82) is 0 Å². The first-order chi connectivity index (χ1) is 13.6. The van der Waals surface area contributed by atoms with E-state index in [4.69, 9.17) is 16.3 Å². The Morgan fingerprint density at radius 2 is 1.75 bits per heavy atom. The maximum atomic E-state index is 12.4. The molecule has 1 atom stereocenters. The summed E-state index contributed by atoms with van der Waals surface area (Å²) >= 11 is 6.08. The number of para-hydroxylation sites is 1. The van der Waals surface area contributed by atoms with Crippen molar-refractivity contribution in [2.24, 2.45) is 0 Å². The van der Waals surface area contributed by atoms with Crippen molar-refractivity contribution < 1.29 is 9.53 Å². The number of amides is 1. The van der Waals surface area contributed by atoms with E-state index >= 15 is 0 Å². The fourth-order valence-electron chi connectivity index (χ4n) is 3.62. The van der Waals surface area contributed by atoms with Crippen LogP contribution < -0.4 is 10.1 Å². The van der Waals surface area contributed by atoms with E-state index in [1.165, 1.54) is 36.8 Å². The lowest BCUT2D eigenvalue weighted by Gasteiger charge is -2.31. The summed E-state index contributed by atoms with van der Waals surface area (Å²) in [4.78, 5) is 14.9. The van der Waals surface area contributed by atoms with Gasteiger partial charge in [-0.25, -0.2) is 0 Å². The van der Waals surface area contributed by atoms with Gasteiger partial charge in [0.2, 0.25) is 0 Å². The minimum atomic E-state index is -0.133. The SMILES string of the molecule is Cc1ccc(C(CNC(=O)COc2ccccc2Cl)N2CCCCCC2)cc1. The number of rotatable bonds is 7. The summed E-state index contributed by atoms with van der Waals surface area (Å²) in [5, 5.41) is 3.57. The fourth-order valence-corrected chi connectivity index (χ4v) is 3.81. The molecule has 0 spiro atoms. The largest absolute Gasteiger partial charge is 0.482 e. The molecule has 1 aliphatic rings. The Morgan fingerprint density at radius 1 is 1.07 bits per heavy atom. The Hall–Kier alpha value is -2.04. The van der Waals surface area contributed by atoms with E-state index in [2.05, 4.69) is 41.4 Å². The number of aryl methyl sites for hydroxylation is 1. The Balaban J connectivity index is 1.61. The van der Waals surface area contributed by atoms with Crippen LogP contribution in [-0.2, 0) is 4.79 Å². The molecule has 1 fully saturated rings. The highest BCUT2D eigenvalue weighted by molar-refractivity contribution is 6.32. The number of carbonyl (C=O) groups is 1. The van der Waals surface area contributed by atoms with Crippen molar-refractivity contribution >= 4 is 17.5 Å². The van der Waals surface area contributed by atoms with Crippen LogP contribution in [-0.4, -0.2) is 37.0 Å². The maximum Gasteiger partial charge on any atom is 0.258 e. The van der Waals surface area contributed by atoms with Crippen molar-refractivity contribution in [3.63, 3.8) is 0 Å². The van der Waals surface area contributed by atoms with Gasteiger partial charge in [-0.05, 0) is 50.6 Å². The second kappa shape index (κ2) is 10.5. The third kappa shape index (κ3) is 5.98. The molecule has 1 N–H and O–H groups in total. The zero-order valence-electron chi connectivity index (χ0n) is 16.5. The van der Waals surface area contributed by atoms with Crippen LogP contribution in [0.5, 0.6) is 5.75 Å². The van der Waals surface area contributed by atoms with E-state index in [1.807, 2.05) is 12.1 Å². The molecule has 5 heteroatoms. The van der Waals surface area contributed by atoms with Crippen LogP contribution in [0.25, 0.3) is 0 Å². The molecular formula is C23H29ClN2O2. The number of nitrogens with one attached hydrogen (secondary N) is 1. The maximum absolute atomic E-state index is 12.4. The molecule has 1 saturated heterocycles. The normalized spacial score (nSPS) is 16.2. The molecule has 0 aliphatic carbocycles. The lowest BCUT2D eigenvalue weighted by atomic mass is 10.0. The highest BCUT2D eigenvalue weighted by Gasteiger charge is 2.22. The zero-order valence-corrected chi connectivity index (χ0v) is 17.3. The second-order valence-corrected chi connectivity index (χ2v) is 7.81. The van der Waals surface area contributed by atoms with Crippen LogP contribution in [0.15, 0.2) is 48.5 Å². The number of likely N-dealkylation sites (tertiary alicyclic amines) is 1. The van der Waals surface area contributed by atoms with Crippen molar-refractivity contribution in [3.8, 4) is 5.75 Å². The summed E-state index contributed by atoms with van der Waals surface area (Å²) in [7, 11) is 0. The van der Waals surface area contributed by atoms with Gasteiger partial charge in [-0.3, -0.25) is 9.69 Å². The fraction of sp³-hybridized carbons (Fsp3) is 0.435. The summed E-state index contributed by atoms with van der Waals surface area (Å²) in [6.07, 6.45) is 5.00. The molecule has 0 saturated carbocycles. The van der Waals surface area contributed by atoms with Crippen LogP contribution in [0, 0.1) is 6.92 Å². The van der Waals surface area contributed by atoms with Gasteiger partial charge in [0, 0.05) is 6.54 Å². The summed E-state index contributed by atoms with van der Waals surface area (Å²) in [5.74, 6) is 0.397. The average Bonchev–Trinajstić information content (AvgIpc) is 2.98. The molecule has 2 aromatic carbocycles. The monoisotopic (exact) mass is 400 g/mol. The third-order valence-electron chi connectivity index (χ3n) is 5.23. The minimum absolute atomic E-state index is 0.0374. The summed E-state index contributed by atoms with van der Waals surface area (Å²) < 4.78 is 5.56. The molecule has 1 aliphatic heterocycles. The smallest absolute Gasteiger partial charge is 0.258 e. The van der Waals surface area contributed by atoms with Crippen molar-refractivity contribution in [3.05, 3.63) is 64.7 Å². The first-order valence-corrected chi connectivity index (χ1v) is 10.5.